The summed E-state index contributed by atoms with van der Waals surface area (Å²) < 4.78 is 5.61. The fourth-order valence-electron chi connectivity index (χ4n) is 2.72. The summed E-state index contributed by atoms with van der Waals surface area (Å²) in [5, 5.41) is 0.590. The number of nitrogens with zero attached hydrogens (tertiary/aromatic N) is 2. The van der Waals surface area contributed by atoms with Crippen LogP contribution < -0.4 is 0 Å². The molecule has 2 rings (SSSR count). The van der Waals surface area contributed by atoms with Crippen LogP contribution in [0.2, 0.25) is 5.02 Å². The van der Waals surface area contributed by atoms with Crippen molar-refractivity contribution in [3.63, 3.8) is 0 Å². The number of carbonyl (C=O) groups is 2. The molecule has 6 heteroatoms. The average molecular weight is 349 g/mol. The smallest absolute Gasteiger partial charge is 0.254 e. The lowest BCUT2D eigenvalue weighted by molar-refractivity contribution is -0.166. The van der Waals surface area contributed by atoms with E-state index in [1.807, 2.05) is 0 Å². The van der Waals surface area contributed by atoms with Crippen LogP contribution in [0.25, 0.3) is 0 Å². The van der Waals surface area contributed by atoms with E-state index >= 15 is 0 Å². The van der Waals surface area contributed by atoms with Crippen LogP contribution in [0, 0.1) is 0 Å². The van der Waals surface area contributed by atoms with Crippen molar-refractivity contribution >= 4 is 23.4 Å². The number of amides is 2. The third-order valence-electron chi connectivity index (χ3n) is 3.95. The molecule has 1 aliphatic heterocycles. The van der Waals surface area contributed by atoms with E-state index in [2.05, 4.69) is 13.2 Å². The van der Waals surface area contributed by atoms with Crippen LogP contribution in [-0.4, -0.2) is 54.5 Å². The van der Waals surface area contributed by atoms with Gasteiger partial charge in [0.25, 0.3) is 5.91 Å². The lowest BCUT2D eigenvalue weighted by Gasteiger charge is -2.40. The molecule has 0 bridgehead atoms. The number of rotatable bonds is 6. The fourth-order valence-corrected chi connectivity index (χ4v) is 2.85. The average Bonchev–Trinajstić information content (AvgIpc) is 2.57. The van der Waals surface area contributed by atoms with Gasteiger partial charge in [0.2, 0.25) is 5.91 Å². The first-order valence-electron chi connectivity index (χ1n) is 7.63. The highest BCUT2D eigenvalue weighted by atomic mass is 35.5. The molecule has 2 amide bonds. The Hall–Kier alpha value is -2.11. The predicted octanol–water partition coefficient (Wildman–Crippen LogP) is 2.44. The summed E-state index contributed by atoms with van der Waals surface area (Å²) in [4.78, 5) is 28.1. The van der Waals surface area contributed by atoms with Gasteiger partial charge in [0.15, 0.2) is 6.10 Å². The molecular formula is C18H21ClN2O3. The number of hydrogen-bond acceptors (Lipinski definition) is 3. The lowest BCUT2D eigenvalue weighted by Crippen LogP contribution is -2.54. The quantitative estimate of drug-likeness (QED) is 0.742. The van der Waals surface area contributed by atoms with Gasteiger partial charge in [0, 0.05) is 25.2 Å². The lowest BCUT2D eigenvalue weighted by atomic mass is 9.97. The van der Waals surface area contributed by atoms with Crippen LogP contribution >= 0.6 is 11.6 Å². The first-order chi connectivity index (χ1) is 11.5. The molecule has 0 unspecified atom stereocenters. The molecule has 1 fully saturated rings. The first kappa shape index (κ1) is 18.2. The van der Waals surface area contributed by atoms with Crippen LogP contribution in [-0.2, 0) is 14.3 Å². The van der Waals surface area contributed by atoms with E-state index in [1.54, 1.807) is 53.3 Å². The standard InChI is InChI=1S/C18H21ClN2O3/c1-4-10-21(11-5-2)18(23)17-16(20(3)15(22)12-24-17)13-6-8-14(19)9-7-13/h4-9,16-17H,1-2,10-12H2,3H3/t16-,17-/m0/s1. The Morgan fingerprint density at radius 2 is 1.92 bits per heavy atom. The van der Waals surface area contributed by atoms with Gasteiger partial charge in [-0.15, -0.1) is 13.2 Å². The number of ether oxygens (including phenoxy) is 1. The second-order valence-corrected chi connectivity index (χ2v) is 5.99. The van der Waals surface area contributed by atoms with Crippen LogP contribution in [0.15, 0.2) is 49.6 Å². The van der Waals surface area contributed by atoms with E-state index in [1.165, 1.54) is 0 Å². The Labute approximate surface area is 147 Å². The fraction of sp³-hybridized carbons (Fsp3) is 0.333. The zero-order valence-electron chi connectivity index (χ0n) is 13.7. The van der Waals surface area contributed by atoms with Crippen molar-refractivity contribution < 1.29 is 14.3 Å². The molecule has 24 heavy (non-hydrogen) atoms. The van der Waals surface area contributed by atoms with Gasteiger partial charge in [0.1, 0.15) is 6.61 Å². The molecule has 0 N–H and O–H groups in total. The highest BCUT2D eigenvalue weighted by molar-refractivity contribution is 6.30. The Bertz CT molecular complexity index is 620. The molecule has 1 saturated heterocycles. The van der Waals surface area contributed by atoms with Crippen molar-refractivity contribution in [3.8, 4) is 0 Å². The minimum absolute atomic E-state index is 0.118. The van der Waals surface area contributed by atoms with E-state index in [4.69, 9.17) is 16.3 Å². The number of benzene rings is 1. The summed E-state index contributed by atoms with van der Waals surface area (Å²) >= 11 is 5.94. The van der Waals surface area contributed by atoms with Gasteiger partial charge in [-0.2, -0.15) is 0 Å². The SMILES string of the molecule is C=CCN(CC=C)C(=O)[C@H]1OCC(=O)N(C)[C@H]1c1ccc(Cl)cc1. The number of morpholine rings is 1. The monoisotopic (exact) mass is 348 g/mol. The number of halogens is 1. The second kappa shape index (κ2) is 8.13. The maximum absolute atomic E-state index is 12.9. The minimum atomic E-state index is -0.784. The van der Waals surface area contributed by atoms with Crippen LogP contribution in [0.4, 0.5) is 0 Å². The van der Waals surface area contributed by atoms with E-state index in [0.29, 0.717) is 18.1 Å². The van der Waals surface area contributed by atoms with Gasteiger partial charge >= 0.3 is 0 Å². The molecule has 0 saturated carbocycles. The summed E-state index contributed by atoms with van der Waals surface area (Å²) in [5.74, 6) is -0.368. The van der Waals surface area contributed by atoms with Gasteiger partial charge in [-0.25, -0.2) is 0 Å². The summed E-state index contributed by atoms with van der Waals surface area (Å²) in [5.41, 5.74) is 0.797. The van der Waals surface area contributed by atoms with E-state index < -0.39 is 12.1 Å². The Morgan fingerprint density at radius 1 is 1.33 bits per heavy atom. The highest BCUT2D eigenvalue weighted by Gasteiger charge is 2.41. The molecule has 5 nitrogen and oxygen atoms in total. The third kappa shape index (κ3) is 3.86. The van der Waals surface area contributed by atoms with Crippen molar-refractivity contribution in [1.82, 2.24) is 9.80 Å². The molecular weight excluding hydrogens is 328 g/mol. The van der Waals surface area contributed by atoms with Crippen LogP contribution in [0.1, 0.15) is 11.6 Å². The largest absolute Gasteiger partial charge is 0.356 e. The van der Waals surface area contributed by atoms with Gasteiger partial charge < -0.3 is 14.5 Å². The van der Waals surface area contributed by atoms with Gasteiger partial charge in [-0.1, -0.05) is 35.9 Å². The molecule has 0 radical (unpaired) electrons. The topological polar surface area (TPSA) is 49.9 Å². The summed E-state index contributed by atoms with van der Waals surface area (Å²) in [6.07, 6.45) is 2.51. The van der Waals surface area contributed by atoms with Crippen molar-refractivity contribution in [2.24, 2.45) is 0 Å². The van der Waals surface area contributed by atoms with Crippen molar-refractivity contribution in [1.29, 1.82) is 0 Å². The van der Waals surface area contributed by atoms with Crippen LogP contribution in [0.5, 0.6) is 0 Å². The molecule has 128 valence electrons. The zero-order valence-corrected chi connectivity index (χ0v) is 14.4. The zero-order chi connectivity index (χ0) is 17.7. The molecule has 1 aromatic rings. The van der Waals surface area contributed by atoms with Crippen molar-refractivity contribution in [2.45, 2.75) is 12.1 Å². The maximum Gasteiger partial charge on any atom is 0.254 e. The van der Waals surface area contributed by atoms with Gasteiger partial charge in [0.05, 0.1) is 6.04 Å². The molecule has 1 aromatic carbocycles. The van der Waals surface area contributed by atoms with E-state index in [9.17, 15) is 9.59 Å². The molecule has 1 aliphatic rings. The van der Waals surface area contributed by atoms with Crippen molar-refractivity contribution in [3.05, 3.63) is 60.2 Å². The van der Waals surface area contributed by atoms with E-state index in [0.717, 1.165) is 5.56 Å². The van der Waals surface area contributed by atoms with Gasteiger partial charge in [-0.3, -0.25) is 9.59 Å². The number of hydrogen-bond donors (Lipinski definition) is 0. The predicted molar refractivity (Wildman–Crippen MR) is 93.7 cm³/mol. The molecule has 0 spiro atoms. The normalized spacial score (nSPS) is 20.6. The Morgan fingerprint density at radius 3 is 2.46 bits per heavy atom. The first-order valence-corrected chi connectivity index (χ1v) is 8.00. The van der Waals surface area contributed by atoms with E-state index in [-0.39, 0.29) is 18.4 Å². The maximum atomic E-state index is 12.9. The Balaban J connectivity index is 2.35. The second-order valence-electron chi connectivity index (χ2n) is 5.55. The molecule has 1 heterocycles. The number of carbonyl (C=O) groups excluding carboxylic acids is 2. The van der Waals surface area contributed by atoms with Gasteiger partial charge in [-0.05, 0) is 17.7 Å². The van der Waals surface area contributed by atoms with Crippen molar-refractivity contribution in [2.75, 3.05) is 26.7 Å². The summed E-state index contributed by atoms with van der Waals surface area (Å²) in [6.45, 7) is 8.00. The summed E-state index contributed by atoms with van der Waals surface area (Å²) in [7, 11) is 1.68. The minimum Gasteiger partial charge on any atom is -0.356 e. The third-order valence-corrected chi connectivity index (χ3v) is 4.20. The summed E-state index contributed by atoms with van der Waals surface area (Å²) in [6, 6.07) is 6.56. The highest BCUT2D eigenvalue weighted by Crippen LogP contribution is 2.31. The molecule has 0 aliphatic carbocycles. The Kier molecular flexibility index (Phi) is 6.17. The molecule has 2 atom stereocenters. The number of likely N-dealkylation sites (N-methyl/N-ethyl adjacent to an activating group) is 1. The van der Waals surface area contributed by atoms with Crippen LogP contribution in [0.3, 0.4) is 0 Å². The molecule has 0 aromatic heterocycles.